The number of halogens is 2. The first-order valence-electron chi connectivity index (χ1n) is 11.4. The van der Waals surface area contributed by atoms with Crippen LogP contribution < -0.4 is 15.4 Å². The lowest BCUT2D eigenvalue weighted by Gasteiger charge is -2.29. The van der Waals surface area contributed by atoms with Gasteiger partial charge in [0.25, 0.3) is 11.8 Å². The first-order chi connectivity index (χ1) is 17.2. The molecular formula is C27H25Cl2N3O4. The number of ether oxygens (including phenoxy) is 1. The van der Waals surface area contributed by atoms with E-state index in [1.165, 1.54) is 0 Å². The Bertz CT molecular complexity index is 1330. The molecule has 0 aromatic heterocycles. The second kappa shape index (κ2) is 11.0. The lowest BCUT2D eigenvalue weighted by atomic mass is 10.1. The van der Waals surface area contributed by atoms with E-state index in [1.54, 1.807) is 61.2 Å². The fourth-order valence-corrected chi connectivity index (χ4v) is 4.07. The van der Waals surface area contributed by atoms with Gasteiger partial charge in [-0.3, -0.25) is 14.4 Å². The Morgan fingerprint density at radius 2 is 1.81 bits per heavy atom. The summed E-state index contributed by atoms with van der Waals surface area (Å²) in [7, 11) is 0. The van der Waals surface area contributed by atoms with Crippen LogP contribution in [0.3, 0.4) is 0 Å². The minimum absolute atomic E-state index is 0.0829. The van der Waals surface area contributed by atoms with Crippen LogP contribution in [0.2, 0.25) is 10.0 Å². The van der Waals surface area contributed by atoms with Gasteiger partial charge in [0.1, 0.15) is 5.75 Å². The SMILES string of the molecule is CC(C)C(=O)NCc1ccc(Cl)c(C(=O)Nc2ccc3c(c2)C(=O)N(Cc2ccccc2Cl)CO3)c1. The smallest absolute Gasteiger partial charge is 0.260 e. The highest BCUT2D eigenvalue weighted by molar-refractivity contribution is 6.34. The largest absolute Gasteiger partial charge is 0.472 e. The molecule has 1 heterocycles. The molecule has 2 N–H and O–H groups in total. The number of fused-ring (bicyclic) bond motifs is 1. The molecule has 3 amide bonds. The number of carbonyl (C=O) groups is 3. The van der Waals surface area contributed by atoms with Crippen molar-refractivity contribution in [3.05, 3.63) is 93.0 Å². The number of nitrogens with one attached hydrogen (secondary N) is 2. The molecule has 0 bridgehead atoms. The summed E-state index contributed by atoms with van der Waals surface area (Å²) in [5.41, 5.74) is 2.56. The number of anilines is 1. The van der Waals surface area contributed by atoms with Crippen molar-refractivity contribution in [2.75, 3.05) is 12.0 Å². The van der Waals surface area contributed by atoms with E-state index < -0.39 is 5.91 Å². The molecule has 9 heteroatoms. The lowest BCUT2D eigenvalue weighted by molar-refractivity contribution is -0.124. The van der Waals surface area contributed by atoms with Gasteiger partial charge in [0.15, 0.2) is 6.73 Å². The van der Waals surface area contributed by atoms with E-state index in [9.17, 15) is 14.4 Å². The van der Waals surface area contributed by atoms with Crippen LogP contribution in [0.4, 0.5) is 5.69 Å². The second-order valence-corrected chi connectivity index (χ2v) is 9.53. The summed E-state index contributed by atoms with van der Waals surface area (Å²) < 4.78 is 5.75. The fraction of sp³-hybridized carbons (Fsp3) is 0.222. The molecule has 36 heavy (non-hydrogen) atoms. The van der Waals surface area contributed by atoms with Gasteiger partial charge in [-0.1, -0.05) is 61.3 Å². The molecule has 186 valence electrons. The van der Waals surface area contributed by atoms with Crippen LogP contribution in [-0.4, -0.2) is 29.4 Å². The van der Waals surface area contributed by atoms with Crippen LogP contribution in [0.25, 0.3) is 0 Å². The molecule has 4 rings (SSSR count). The molecule has 0 spiro atoms. The third-order valence-corrected chi connectivity index (χ3v) is 6.41. The molecule has 3 aromatic rings. The number of hydrogen-bond donors (Lipinski definition) is 2. The monoisotopic (exact) mass is 525 g/mol. The number of rotatable bonds is 7. The van der Waals surface area contributed by atoms with E-state index in [-0.39, 0.29) is 41.6 Å². The van der Waals surface area contributed by atoms with E-state index in [2.05, 4.69) is 10.6 Å². The summed E-state index contributed by atoms with van der Waals surface area (Å²) in [6, 6.07) is 17.2. The zero-order valence-electron chi connectivity index (χ0n) is 19.8. The average molecular weight is 526 g/mol. The van der Waals surface area contributed by atoms with Gasteiger partial charge in [-0.15, -0.1) is 0 Å². The fourth-order valence-electron chi connectivity index (χ4n) is 3.67. The molecule has 0 saturated carbocycles. The molecule has 3 aromatic carbocycles. The first-order valence-corrected chi connectivity index (χ1v) is 12.2. The van der Waals surface area contributed by atoms with Crippen LogP contribution in [0.15, 0.2) is 60.7 Å². The van der Waals surface area contributed by atoms with Gasteiger partial charge in [0.05, 0.1) is 22.7 Å². The van der Waals surface area contributed by atoms with Crippen LogP contribution in [-0.2, 0) is 17.9 Å². The van der Waals surface area contributed by atoms with Gasteiger partial charge < -0.3 is 20.3 Å². The molecule has 1 aliphatic heterocycles. The highest BCUT2D eigenvalue weighted by atomic mass is 35.5. The second-order valence-electron chi connectivity index (χ2n) is 8.72. The van der Waals surface area contributed by atoms with Gasteiger partial charge in [0.2, 0.25) is 5.91 Å². The van der Waals surface area contributed by atoms with Crippen molar-refractivity contribution >= 4 is 46.6 Å². The highest BCUT2D eigenvalue weighted by Gasteiger charge is 2.27. The molecule has 0 unspecified atom stereocenters. The van der Waals surface area contributed by atoms with Gasteiger partial charge in [-0.05, 0) is 47.5 Å². The number of nitrogens with zero attached hydrogens (tertiary/aromatic N) is 1. The average Bonchev–Trinajstić information content (AvgIpc) is 2.86. The topological polar surface area (TPSA) is 87.7 Å². The summed E-state index contributed by atoms with van der Waals surface area (Å²) in [5.74, 6) is -0.451. The van der Waals surface area contributed by atoms with Crippen LogP contribution >= 0.6 is 23.2 Å². The summed E-state index contributed by atoms with van der Waals surface area (Å²) in [6.07, 6.45) is 0. The van der Waals surface area contributed by atoms with Crippen molar-refractivity contribution in [1.29, 1.82) is 0 Å². The molecule has 0 saturated heterocycles. The number of carbonyl (C=O) groups excluding carboxylic acids is 3. The molecule has 0 aliphatic carbocycles. The Morgan fingerprint density at radius 1 is 1.03 bits per heavy atom. The normalized spacial score (nSPS) is 12.7. The summed E-state index contributed by atoms with van der Waals surface area (Å²) in [5, 5.41) is 6.46. The molecule has 7 nitrogen and oxygen atoms in total. The summed E-state index contributed by atoms with van der Waals surface area (Å²) >= 11 is 12.5. The van der Waals surface area contributed by atoms with E-state index >= 15 is 0 Å². The molecular weight excluding hydrogens is 501 g/mol. The first kappa shape index (κ1) is 25.5. The lowest BCUT2D eigenvalue weighted by Crippen LogP contribution is -2.38. The molecule has 0 atom stereocenters. The minimum atomic E-state index is -0.436. The van der Waals surface area contributed by atoms with Crippen molar-refractivity contribution in [3.8, 4) is 5.75 Å². The zero-order chi connectivity index (χ0) is 25.8. The van der Waals surface area contributed by atoms with Crippen LogP contribution in [0.5, 0.6) is 5.75 Å². The predicted octanol–water partition coefficient (Wildman–Crippen LogP) is 5.51. The highest BCUT2D eigenvalue weighted by Crippen LogP contribution is 2.30. The van der Waals surface area contributed by atoms with Crippen molar-refractivity contribution in [2.45, 2.75) is 26.9 Å². The van der Waals surface area contributed by atoms with Gasteiger partial charge >= 0.3 is 0 Å². The number of amides is 3. The van der Waals surface area contributed by atoms with Gasteiger partial charge in [0, 0.05) is 23.2 Å². The van der Waals surface area contributed by atoms with Gasteiger partial charge in [-0.2, -0.15) is 0 Å². The van der Waals surface area contributed by atoms with Crippen LogP contribution in [0.1, 0.15) is 45.7 Å². The Hall–Kier alpha value is -3.55. The third-order valence-electron chi connectivity index (χ3n) is 5.72. The van der Waals surface area contributed by atoms with E-state index in [1.807, 2.05) is 18.2 Å². The quantitative estimate of drug-likeness (QED) is 0.425. The summed E-state index contributed by atoms with van der Waals surface area (Å²) in [4.78, 5) is 39.6. The Labute approximate surface area is 219 Å². The van der Waals surface area contributed by atoms with Crippen molar-refractivity contribution < 1.29 is 19.1 Å². The van der Waals surface area contributed by atoms with E-state index in [4.69, 9.17) is 27.9 Å². The maximum absolute atomic E-state index is 13.1. The summed E-state index contributed by atoms with van der Waals surface area (Å²) in [6.45, 7) is 4.28. The number of hydrogen-bond acceptors (Lipinski definition) is 4. The van der Waals surface area contributed by atoms with E-state index in [0.717, 1.165) is 11.1 Å². The van der Waals surface area contributed by atoms with E-state index in [0.29, 0.717) is 28.6 Å². The third kappa shape index (κ3) is 5.80. The Morgan fingerprint density at radius 3 is 2.56 bits per heavy atom. The van der Waals surface area contributed by atoms with Crippen molar-refractivity contribution in [2.24, 2.45) is 5.92 Å². The van der Waals surface area contributed by atoms with Crippen LogP contribution in [0, 0.1) is 5.92 Å². The molecule has 0 fully saturated rings. The molecule has 1 aliphatic rings. The maximum atomic E-state index is 13.1. The van der Waals surface area contributed by atoms with Crippen molar-refractivity contribution in [1.82, 2.24) is 10.2 Å². The standard InChI is InChI=1S/C27H25Cl2N3O4/c1-16(2)25(33)30-13-17-7-9-23(29)20(11-17)26(34)31-19-8-10-24-21(12-19)27(35)32(15-36-24)14-18-5-3-4-6-22(18)28/h3-12,16H,13-15H2,1-2H3,(H,30,33)(H,31,34). The van der Waals surface area contributed by atoms with Gasteiger partial charge in [-0.25, -0.2) is 0 Å². The molecule has 0 radical (unpaired) electrons. The Kier molecular flexibility index (Phi) is 7.82. The number of benzene rings is 3. The maximum Gasteiger partial charge on any atom is 0.260 e. The van der Waals surface area contributed by atoms with Crippen molar-refractivity contribution in [3.63, 3.8) is 0 Å². The Balaban J connectivity index is 1.49. The predicted molar refractivity (Wildman–Crippen MR) is 139 cm³/mol. The minimum Gasteiger partial charge on any atom is -0.472 e. The zero-order valence-corrected chi connectivity index (χ0v) is 21.3.